The Labute approximate surface area is 101 Å². The highest BCUT2D eigenvalue weighted by molar-refractivity contribution is 4.90. The molecule has 16 heavy (non-hydrogen) atoms. The van der Waals surface area contributed by atoms with Gasteiger partial charge in [0, 0.05) is 13.0 Å². The molecule has 0 aromatic rings. The molecule has 1 atom stereocenters. The Bertz CT molecular complexity index is 209. The minimum atomic E-state index is 0.0738. The monoisotopic (exact) mass is 228 g/mol. The van der Waals surface area contributed by atoms with Crippen molar-refractivity contribution < 1.29 is 10.5 Å². The molecule has 1 aliphatic rings. The van der Waals surface area contributed by atoms with Gasteiger partial charge >= 0.3 is 0 Å². The fourth-order valence-electron chi connectivity index (χ4n) is 3.11. The van der Waals surface area contributed by atoms with E-state index in [1.165, 1.54) is 32.1 Å². The maximum atomic E-state index is 5.85. The van der Waals surface area contributed by atoms with E-state index in [0.29, 0.717) is 5.41 Å². The van der Waals surface area contributed by atoms with Crippen molar-refractivity contribution in [2.24, 2.45) is 11.3 Å². The lowest BCUT2D eigenvalue weighted by Crippen LogP contribution is -2.53. The average Bonchev–Trinajstić information content (AvgIpc) is 2.14. The molecule has 1 heterocycles. The normalized spacial score (nSPS) is 29.6. The topological polar surface area (TPSA) is 36.9 Å². The Kier molecular flexibility index (Phi) is 4.81. The summed E-state index contributed by atoms with van der Waals surface area (Å²) in [5.41, 5.74) is 4.64. The zero-order chi connectivity index (χ0) is 12.2. The van der Waals surface area contributed by atoms with Crippen LogP contribution in [0.1, 0.15) is 59.8 Å². The zero-order valence-corrected chi connectivity index (χ0v) is 11.6. The van der Waals surface area contributed by atoms with Crippen molar-refractivity contribution >= 4 is 0 Å². The van der Waals surface area contributed by atoms with Crippen molar-refractivity contribution in [3.8, 4) is 0 Å². The van der Waals surface area contributed by atoms with Gasteiger partial charge in [0.25, 0.3) is 0 Å². The lowest BCUT2D eigenvalue weighted by Gasteiger charge is -2.45. The van der Waals surface area contributed by atoms with E-state index in [2.05, 4.69) is 33.4 Å². The third-order valence-corrected chi connectivity index (χ3v) is 3.89. The van der Waals surface area contributed by atoms with Crippen molar-refractivity contribution in [2.45, 2.75) is 65.4 Å². The van der Waals surface area contributed by atoms with Gasteiger partial charge in [-0.25, -0.2) is 0 Å². The van der Waals surface area contributed by atoms with Gasteiger partial charge in [0.2, 0.25) is 0 Å². The number of hydrogen-bond donors (Lipinski definition) is 1. The number of hydrogen-bond acceptors (Lipinski definition) is 1. The fourth-order valence-corrected chi connectivity index (χ4v) is 3.11. The average molecular weight is 228 g/mol. The number of rotatable bonds is 5. The van der Waals surface area contributed by atoms with E-state index < -0.39 is 0 Å². The predicted octanol–water partition coefficient (Wildman–Crippen LogP) is 2.63. The summed E-state index contributed by atoms with van der Waals surface area (Å²) in [5.74, 6) is 0.813. The second kappa shape index (κ2) is 5.50. The van der Waals surface area contributed by atoms with Gasteiger partial charge in [-0.15, -0.1) is 0 Å². The molecule has 0 amide bonds. The van der Waals surface area contributed by atoms with Gasteiger partial charge in [0.05, 0.1) is 12.1 Å². The third-order valence-electron chi connectivity index (χ3n) is 3.89. The van der Waals surface area contributed by atoms with Crippen LogP contribution in [0.5, 0.6) is 0 Å². The van der Waals surface area contributed by atoms with E-state index in [4.69, 9.17) is 4.74 Å². The number of ether oxygens (including phenoxy) is 1. The van der Waals surface area contributed by atoms with E-state index in [-0.39, 0.29) is 5.60 Å². The van der Waals surface area contributed by atoms with E-state index in [9.17, 15) is 0 Å². The van der Waals surface area contributed by atoms with Crippen LogP contribution in [-0.4, -0.2) is 18.8 Å². The summed E-state index contributed by atoms with van der Waals surface area (Å²) < 4.78 is 5.85. The molecule has 0 saturated carbocycles. The molecule has 2 heteroatoms. The van der Waals surface area contributed by atoms with Crippen molar-refractivity contribution in [2.75, 3.05) is 13.2 Å². The van der Waals surface area contributed by atoms with Gasteiger partial charge in [-0.05, 0) is 44.4 Å². The molecule has 0 spiro atoms. The summed E-state index contributed by atoms with van der Waals surface area (Å²) in [6.45, 7) is 11.1. The van der Waals surface area contributed by atoms with Gasteiger partial charge in [-0.1, -0.05) is 20.3 Å². The van der Waals surface area contributed by atoms with Crippen LogP contribution in [0.4, 0.5) is 0 Å². The molecular weight excluding hydrogens is 198 g/mol. The van der Waals surface area contributed by atoms with Gasteiger partial charge < -0.3 is 10.5 Å². The molecule has 0 bridgehead atoms. The Morgan fingerprint density at radius 2 is 1.94 bits per heavy atom. The third kappa shape index (κ3) is 4.06. The SMILES string of the molecule is CC(C)CC[C@@]1(CC[NH3+])CCOC(C)(C)C1. The lowest BCUT2D eigenvalue weighted by molar-refractivity contribution is -0.374. The molecule has 1 fully saturated rings. The molecule has 0 aliphatic carbocycles. The minimum Gasteiger partial charge on any atom is -0.376 e. The second-order valence-corrected chi connectivity index (χ2v) is 6.57. The number of quaternary nitrogens is 1. The molecule has 0 aromatic carbocycles. The molecule has 0 aromatic heterocycles. The smallest absolute Gasteiger partial charge is 0.0745 e. The van der Waals surface area contributed by atoms with Crippen molar-refractivity contribution in [3.05, 3.63) is 0 Å². The largest absolute Gasteiger partial charge is 0.376 e. The summed E-state index contributed by atoms with van der Waals surface area (Å²) in [5, 5.41) is 0. The molecular formula is C14H30NO+. The van der Waals surface area contributed by atoms with Gasteiger partial charge in [0.1, 0.15) is 0 Å². The van der Waals surface area contributed by atoms with Gasteiger partial charge in [-0.3, -0.25) is 0 Å². The molecule has 0 unspecified atom stereocenters. The second-order valence-electron chi connectivity index (χ2n) is 6.57. The van der Waals surface area contributed by atoms with Crippen LogP contribution in [0.3, 0.4) is 0 Å². The first-order valence-corrected chi connectivity index (χ1v) is 6.82. The lowest BCUT2D eigenvalue weighted by atomic mass is 9.68. The van der Waals surface area contributed by atoms with E-state index in [1.807, 2.05) is 0 Å². The quantitative estimate of drug-likeness (QED) is 0.771. The van der Waals surface area contributed by atoms with Crippen LogP contribution < -0.4 is 5.73 Å². The van der Waals surface area contributed by atoms with Crippen molar-refractivity contribution in [1.82, 2.24) is 0 Å². The summed E-state index contributed by atoms with van der Waals surface area (Å²) in [6.07, 6.45) is 6.41. The molecule has 0 radical (unpaired) electrons. The van der Waals surface area contributed by atoms with Crippen LogP contribution in [0.2, 0.25) is 0 Å². The summed E-state index contributed by atoms with van der Waals surface area (Å²) in [7, 11) is 0. The highest BCUT2D eigenvalue weighted by Crippen LogP contribution is 2.45. The molecule has 2 nitrogen and oxygen atoms in total. The molecule has 1 rings (SSSR count). The van der Waals surface area contributed by atoms with Gasteiger partial charge in [-0.2, -0.15) is 0 Å². The Hall–Kier alpha value is -0.0800. The van der Waals surface area contributed by atoms with Crippen LogP contribution in [0, 0.1) is 11.3 Å². The van der Waals surface area contributed by atoms with Crippen LogP contribution in [0.15, 0.2) is 0 Å². The predicted molar refractivity (Wildman–Crippen MR) is 68.1 cm³/mol. The summed E-state index contributed by atoms with van der Waals surface area (Å²) >= 11 is 0. The molecule has 3 N–H and O–H groups in total. The molecule has 1 aliphatic heterocycles. The fraction of sp³-hybridized carbons (Fsp3) is 1.00. The van der Waals surface area contributed by atoms with Crippen LogP contribution in [0.25, 0.3) is 0 Å². The van der Waals surface area contributed by atoms with E-state index in [0.717, 1.165) is 19.1 Å². The van der Waals surface area contributed by atoms with Gasteiger partial charge in [0.15, 0.2) is 0 Å². The van der Waals surface area contributed by atoms with Crippen LogP contribution in [-0.2, 0) is 4.74 Å². The maximum Gasteiger partial charge on any atom is 0.0745 e. The summed E-state index contributed by atoms with van der Waals surface area (Å²) in [4.78, 5) is 0. The zero-order valence-electron chi connectivity index (χ0n) is 11.6. The van der Waals surface area contributed by atoms with E-state index >= 15 is 0 Å². The Morgan fingerprint density at radius 3 is 2.44 bits per heavy atom. The Morgan fingerprint density at radius 1 is 1.25 bits per heavy atom. The van der Waals surface area contributed by atoms with Crippen molar-refractivity contribution in [3.63, 3.8) is 0 Å². The first kappa shape index (κ1) is 14.0. The van der Waals surface area contributed by atoms with Crippen LogP contribution >= 0.6 is 0 Å². The summed E-state index contributed by atoms with van der Waals surface area (Å²) in [6, 6.07) is 0. The maximum absolute atomic E-state index is 5.85. The Balaban J connectivity index is 2.63. The highest BCUT2D eigenvalue weighted by atomic mass is 16.5. The standard InChI is InChI=1S/C14H29NO/c1-12(2)5-6-14(7-9-15)8-10-16-13(3,4)11-14/h12H,5-11,15H2,1-4H3/p+1/t14-/m1/s1. The molecule has 96 valence electrons. The highest BCUT2D eigenvalue weighted by Gasteiger charge is 2.40. The molecule has 1 saturated heterocycles. The van der Waals surface area contributed by atoms with E-state index in [1.54, 1.807) is 0 Å². The van der Waals surface area contributed by atoms with Crippen molar-refractivity contribution in [1.29, 1.82) is 0 Å². The minimum absolute atomic E-state index is 0.0738. The first-order chi connectivity index (χ1) is 7.39. The first-order valence-electron chi connectivity index (χ1n) is 6.82.